The van der Waals surface area contributed by atoms with Gasteiger partial charge in [0.05, 0.1) is 18.4 Å². The van der Waals surface area contributed by atoms with Gasteiger partial charge in [-0.25, -0.2) is 0 Å². The number of nitrogens with zero attached hydrogens (tertiary/aromatic N) is 2. The van der Waals surface area contributed by atoms with E-state index >= 15 is 0 Å². The second-order valence-corrected chi connectivity index (χ2v) is 6.56. The molecule has 4 rings (SSSR count). The Hall–Kier alpha value is -3.33. The predicted octanol–water partition coefficient (Wildman–Crippen LogP) is 5.77. The van der Waals surface area contributed by atoms with Gasteiger partial charge in [-0.1, -0.05) is 73.7 Å². The summed E-state index contributed by atoms with van der Waals surface area (Å²) in [6.07, 6.45) is 5.01. The molecule has 3 aromatic carbocycles. The van der Waals surface area contributed by atoms with Gasteiger partial charge in [-0.05, 0) is 29.7 Å². The fourth-order valence-corrected chi connectivity index (χ4v) is 3.33. The van der Waals surface area contributed by atoms with Crippen molar-refractivity contribution in [3.63, 3.8) is 0 Å². The normalized spacial score (nSPS) is 11.3. The summed E-state index contributed by atoms with van der Waals surface area (Å²) in [7, 11) is 0. The SMILES string of the molecule is CCc1cccc2c(C=NN(Cc3ccccc3)c3ccccc3)c[nH]c12. The van der Waals surface area contributed by atoms with Gasteiger partial charge in [0.2, 0.25) is 0 Å². The van der Waals surface area contributed by atoms with Gasteiger partial charge >= 0.3 is 0 Å². The van der Waals surface area contributed by atoms with Crippen LogP contribution >= 0.6 is 0 Å². The summed E-state index contributed by atoms with van der Waals surface area (Å²) in [6, 6.07) is 27.2. The van der Waals surface area contributed by atoms with Gasteiger partial charge in [0.25, 0.3) is 0 Å². The van der Waals surface area contributed by atoms with Gasteiger partial charge in [0.1, 0.15) is 0 Å². The smallest absolute Gasteiger partial charge is 0.0666 e. The summed E-state index contributed by atoms with van der Waals surface area (Å²) >= 11 is 0. The molecular weight excluding hydrogens is 330 g/mol. The van der Waals surface area contributed by atoms with E-state index in [-0.39, 0.29) is 0 Å². The molecule has 0 atom stereocenters. The van der Waals surface area contributed by atoms with Crippen LogP contribution in [-0.2, 0) is 13.0 Å². The Balaban J connectivity index is 1.67. The van der Waals surface area contributed by atoms with E-state index in [2.05, 4.69) is 66.5 Å². The first-order chi connectivity index (χ1) is 13.3. The highest BCUT2D eigenvalue weighted by molar-refractivity contribution is 6.00. The number of aromatic amines is 1. The third-order valence-electron chi connectivity index (χ3n) is 4.78. The standard InChI is InChI=1S/C24H23N3/c1-2-20-12-9-15-23-21(16-25-24(20)23)17-26-27(22-13-7-4-8-14-22)18-19-10-5-3-6-11-19/h3-17,25H,2,18H2,1H3. The first kappa shape index (κ1) is 17.1. The van der Waals surface area contributed by atoms with Crippen LogP contribution in [0.4, 0.5) is 5.69 Å². The number of hydrogen-bond acceptors (Lipinski definition) is 2. The van der Waals surface area contributed by atoms with Crippen LogP contribution in [0.15, 0.2) is 90.2 Å². The molecule has 0 amide bonds. The Kier molecular flexibility index (Phi) is 5.01. The van der Waals surface area contributed by atoms with E-state index in [0.717, 1.165) is 24.2 Å². The van der Waals surface area contributed by atoms with Crippen molar-refractivity contribution in [3.8, 4) is 0 Å². The van der Waals surface area contributed by atoms with Gasteiger partial charge in [-0.2, -0.15) is 5.10 Å². The Morgan fingerprint density at radius 1 is 0.889 bits per heavy atom. The first-order valence-electron chi connectivity index (χ1n) is 9.34. The van der Waals surface area contributed by atoms with Crippen molar-refractivity contribution in [2.75, 3.05) is 5.01 Å². The maximum absolute atomic E-state index is 4.83. The van der Waals surface area contributed by atoms with Crippen LogP contribution in [-0.4, -0.2) is 11.2 Å². The molecule has 0 spiro atoms. The van der Waals surface area contributed by atoms with Crippen LogP contribution in [0.5, 0.6) is 0 Å². The average molecular weight is 353 g/mol. The van der Waals surface area contributed by atoms with E-state index in [1.165, 1.54) is 22.0 Å². The van der Waals surface area contributed by atoms with Crippen molar-refractivity contribution in [1.82, 2.24) is 4.98 Å². The van der Waals surface area contributed by atoms with Gasteiger partial charge in [-0.15, -0.1) is 0 Å². The summed E-state index contributed by atoms with van der Waals surface area (Å²) in [4.78, 5) is 3.41. The number of benzene rings is 3. The summed E-state index contributed by atoms with van der Waals surface area (Å²) in [5.41, 5.74) is 5.94. The zero-order chi connectivity index (χ0) is 18.5. The fourth-order valence-electron chi connectivity index (χ4n) is 3.33. The molecule has 0 saturated carbocycles. The molecule has 0 aliphatic heterocycles. The highest BCUT2D eigenvalue weighted by atomic mass is 15.4. The molecule has 27 heavy (non-hydrogen) atoms. The van der Waals surface area contributed by atoms with Gasteiger partial charge < -0.3 is 4.98 Å². The molecule has 4 aromatic rings. The van der Waals surface area contributed by atoms with E-state index in [0.29, 0.717) is 0 Å². The van der Waals surface area contributed by atoms with Crippen LogP contribution < -0.4 is 5.01 Å². The van der Waals surface area contributed by atoms with E-state index in [9.17, 15) is 0 Å². The lowest BCUT2D eigenvalue weighted by atomic mass is 10.1. The molecular formula is C24H23N3. The predicted molar refractivity (Wildman–Crippen MR) is 114 cm³/mol. The summed E-state index contributed by atoms with van der Waals surface area (Å²) in [6.45, 7) is 2.91. The number of H-pyrrole nitrogens is 1. The molecule has 0 unspecified atom stereocenters. The lowest BCUT2D eigenvalue weighted by molar-refractivity contribution is 0.859. The Morgan fingerprint density at radius 2 is 1.63 bits per heavy atom. The molecule has 3 nitrogen and oxygen atoms in total. The highest BCUT2D eigenvalue weighted by Crippen LogP contribution is 2.22. The second-order valence-electron chi connectivity index (χ2n) is 6.56. The van der Waals surface area contributed by atoms with Crippen LogP contribution in [0, 0.1) is 0 Å². The molecule has 3 heteroatoms. The number of para-hydroxylation sites is 2. The largest absolute Gasteiger partial charge is 0.360 e. The monoisotopic (exact) mass is 353 g/mol. The zero-order valence-corrected chi connectivity index (χ0v) is 15.5. The van der Waals surface area contributed by atoms with Crippen molar-refractivity contribution < 1.29 is 0 Å². The molecule has 1 aromatic heterocycles. The van der Waals surface area contributed by atoms with Gasteiger partial charge in [-0.3, -0.25) is 5.01 Å². The Morgan fingerprint density at radius 3 is 2.37 bits per heavy atom. The van der Waals surface area contributed by atoms with E-state index < -0.39 is 0 Å². The van der Waals surface area contributed by atoms with Crippen LogP contribution in [0.1, 0.15) is 23.6 Å². The number of hydrazone groups is 1. The number of fused-ring (bicyclic) bond motifs is 1. The third kappa shape index (κ3) is 3.77. The van der Waals surface area contributed by atoms with E-state index in [4.69, 9.17) is 5.10 Å². The van der Waals surface area contributed by atoms with Crippen LogP contribution in [0.3, 0.4) is 0 Å². The van der Waals surface area contributed by atoms with Crippen molar-refractivity contribution in [2.24, 2.45) is 5.10 Å². The molecule has 0 aliphatic rings. The minimum Gasteiger partial charge on any atom is -0.360 e. The van der Waals surface area contributed by atoms with Crippen molar-refractivity contribution in [1.29, 1.82) is 0 Å². The topological polar surface area (TPSA) is 31.4 Å². The number of aryl methyl sites for hydroxylation is 1. The number of anilines is 1. The maximum atomic E-state index is 4.83. The minimum absolute atomic E-state index is 0.726. The lowest BCUT2D eigenvalue weighted by Gasteiger charge is -2.19. The molecule has 1 heterocycles. The van der Waals surface area contributed by atoms with Gasteiger partial charge in [0.15, 0.2) is 0 Å². The van der Waals surface area contributed by atoms with Crippen LogP contribution in [0.25, 0.3) is 10.9 Å². The summed E-state index contributed by atoms with van der Waals surface area (Å²) < 4.78 is 0. The molecule has 0 fully saturated rings. The molecule has 0 bridgehead atoms. The zero-order valence-electron chi connectivity index (χ0n) is 15.5. The highest BCUT2D eigenvalue weighted by Gasteiger charge is 2.08. The molecule has 0 aliphatic carbocycles. The van der Waals surface area contributed by atoms with Crippen molar-refractivity contribution >= 4 is 22.8 Å². The number of hydrogen-bond donors (Lipinski definition) is 1. The van der Waals surface area contributed by atoms with E-state index in [1.807, 2.05) is 41.7 Å². The van der Waals surface area contributed by atoms with Crippen LogP contribution in [0.2, 0.25) is 0 Å². The van der Waals surface area contributed by atoms with Crippen molar-refractivity contribution in [3.05, 3.63) is 102 Å². The molecule has 134 valence electrons. The first-order valence-corrected chi connectivity index (χ1v) is 9.34. The maximum Gasteiger partial charge on any atom is 0.0666 e. The van der Waals surface area contributed by atoms with E-state index in [1.54, 1.807) is 0 Å². The number of rotatable bonds is 6. The second kappa shape index (κ2) is 7.92. The quantitative estimate of drug-likeness (QED) is 0.346. The summed E-state index contributed by atoms with van der Waals surface area (Å²) in [5, 5.41) is 8.08. The average Bonchev–Trinajstić information content (AvgIpc) is 3.15. The number of aromatic nitrogens is 1. The summed E-state index contributed by atoms with van der Waals surface area (Å²) in [5.74, 6) is 0. The molecule has 1 N–H and O–H groups in total. The third-order valence-corrected chi connectivity index (χ3v) is 4.78. The Labute approximate surface area is 160 Å². The Bertz CT molecular complexity index is 1030. The van der Waals surface area contributed by atoms with Crippen molar-refractivity contribution in [2.45, 2.75) is 19.9 Å². The molecule has 0 radical (unpaired) electrons. The fraction of sp³-hybridized carbons (Fsp3) is 0.125. The lowest BCUT2D eigenvalue weighted by Crippen LogP contribution is -2.15. The number of nitrogens with one attached hydrogen (secondary N) is 1. The minimum atomic E-state index is 0.726. The molecule has 0 saturated heterocycles. The van der Waals surface area contributed by atoms with Gasteiger partial charge in [0, 0.05) is 22.7 Å².